The van der Waals surface area contributed by atoms with Gasteiger partial charge in [0.05, 0.1) is 29.0 Å². The maximum absolute atomic E-state index is 13.1. The number of carbonyl (C=O) groups excluding carboxylic acids is 1. The molecule has 1 fully saturated rings. The lowest BCUT2D eigenvalue weighted by Gasteiger charge is -2.29. The van der Waals surface area contributed by atoms with Crippen molar-refractivity contribution in [2.45, 2.75) is 19.9 Å². The lowest BCUT2D eigenvalue weighted by Crippen LogP contribution is -2.45. The first-order valence-corrected chi connectivity index (χ1v) is 9.17. The maximum Gasteiger partial charge on any atom is 0.276 e. The van der Waals surface area contributed by atoms with Crippen LogP contribution in [-0.4, -0.2) is 46.9 Å². The standard InChI is InChI=1S/C18H19N3O3S/c1-11-16-15(13-5-3-4-6-14(13)25-16)18(23)21(19-11)12(2)17(22)20-7-9-24-10-8-20/h3-6,12H,7-10H2,1-2H3/t12-/m0/s1. The zero-order valence-electron chi connectivity index (χ0n) is 14.2. The van der Waals surface area contributed by atoms with Gasteiger partial charge >= 0.3 is 0 Å². The number of morpholine rings is 1. The van der Waals surface area contributed by atoms with Crippen LogP contribution in [0.5, 0.6) is 0 Å². The molecule has 1 aliphatic heterocycles. The highest BCUT2D eigenvalue weighted by Gasteiger charge is 2.26. The number of thiophene rings is 1. The van der Waals surface area contributed by atoms with E-state index in [1.54, 1.807) is 23.2 Å². The van der Waals surface area contributed by atoms with E-state index in [0.29, 0.717) is 31.7 Å². The number of hydrogen-bond donors (Lipinski definition) is 0. The second kappa shape index (κ2) is 6.24. The van der Waals surface area contributed by atoms with Crippen LogP contribution in [0.3, 0.4) is 0 Å². The predicted molar refractivity (Wildman–Crippen MR) is 98.2 cm³/mol. The largest absolute Gasteiger partial charge is 0.378 e. The minimum absolute atomic E-state index is 0.0869. The Morgan fingerprint density at radius 1 is 1.28 bits per heavy atom. The summed E-state index contributed by atoms with van der Waals surface area (Å²) in [6, 6.07) is 7.21. The minimum Gasteiger partial charge on any atom is -0.378 e. The fourth-order valence-electron chi connectivity index (χ4n) is 3.29. The Balaban J connectivity index is 1.84. The summed E-state index contributed by atoms with van der Waals surface area (Å²) in [6.07, 6.45) is 0. The molecule has 3 heterocycles. The first kappa shape index (κ1) is 16.2. The summed E-state index contributed by atoms with van der Waals surface area (Å²) in [4.78, 5) is 27.6. The fourth-order valence-corrected chi connectivity index (χ4v) is 4.43. The number of rotatable bonds is 2. The van der Waals surface area contributed by atoms with Crippen molar-refractivity contribution in [3.05, 3.63) is 40.3 Å². The van der Waals surface area contributed by atoms with Crippen molar-refractivity contribution in [1.29, 1.82) is 0 Å². The SMILES string of the molecule is Cc1nn([C@@H](C)C(=O)N2CCOCC2)c(=O)c2c1sc1ccccc12. The van der Waals surface area contributed by atoms with Gasteiger partial charge in [-0.05, 0) is 19.9 Å². The summed E-state index contributed by atoms with van der Waals surface area (Å²) >= 11 is 1.57. The third-order valence-corrected chi connectivity index (χ3v) is 5.93. The summed E-state index contributed by atoms with van der Waals surface area (Å²) in [5.41, 5.74) is 0.574. The van der Waals surface area contributed by atoms with Gasteiger partial charge < -0.3 is 9.64 Å². The predicted octanol–water partition coefficient (Wildman–Crippen LogP) is 2.34. The van der Waals surface area contributed by atoms with E-state index in [1.165, 1.54) is 4.68 Å². The van der Waals surface area contributed by atoms with Gasteiger partial charge in [0.15, 0.2) is 0 Å². The highest BCUT2D eigenvalue weighted by atomic mass is 32.1. The number of fused-ring (bicyclic) bond motifs is 3. The van der Waals surface area contributed by atoms with E-state index in [9.17, 15) is 9.59 Å². The molecule has 130 valence electrons. The van der Waals surface area contributed by atoms with Crippen LogP contribution in [0.25, 0.3) is 20.2 Å². The summed E-state index contributed by atoms with van der Waals surface area (Å²) in [6.45, 7) is 5.81. The van der Waals surface area contributed by atoms with Crippen molar-refractivity contribution in [1.82, 2.24) is 14.7 Å². The van der Waals surface area contributed by atoms with Gasteiger partial charge in [0.1, 0.15) is 6.04 Å². The molecule has 1 saturated heterocycles. The molecule has 7 heteroatoms. The molecule has 2 aromatic heterocycles. The van der Waals surface area contributed by atoms with Crippen LogP contribution in [0.2, 0.25) is 0 Å². The lowest BCUT2D eigenvalue weighted by atomic mass is 10.2. The number of benzene rings is 1. The van der Waals surface area contributed by atoms with Gasteiger partial charge in [-0.2, -0.15) is 5.10 Å². The van der Waals surface area contributed by atoms with E-state index in [2.05, 4.69) is 5.10 Å². The molecule has 1 amide bonds. The van der Waals surface area contributed by atoms with Crippen molar-refractivity contribution in [2.24, 2.45) is 0 Å². The molecule has 1 atom stereocenters. The number of amides is 1. The summed E-state index contributed by atoms with van der Waals surface area (Å²) < 4.78 is 8.60. The van der Waals surface area contributed by atoms with E-state index < -0.39 is 6.04 Å². The van der Waals surface area contributed by atoms with Crippen LogP contribution in [0.1, 0.15) is 18.7 Å². The highest BCUT2D eigenvalue weighted by Crippen LogP contribution is 2.32. The zero-order chi connectivity index (χ0) is 17.6. The Morgan fingerprint density at radius 3 is 2.76 bits per heavy atom. The molecule has 0 bridgehead atoms. The number of hydrogen-bond acceptors (Lipinski definition) is 5. The number of carbonyl (C=O) groups is 1. The molecular formula is C18H19N3O3S. The van der Waals surface area contributed by atoms with Crippen LogP contribution in [0, 0.1) is 6.92 Å². The Hall–Kier alpha value is -2.25. The van der Waals surface area contributed by atoms with Gasteiger partial charge in [-0.1, -0.05) is 18.2 Å². The molecule has 0 saturated carbocycles. The summed E-state index contributed by atoms with van der Waals surface area (Å²) in [5, 5.41) is 6.04. The van der Waals surface area contributed by atoms with Gasteiger partial charge in [-0.25, -0.2) is 4.68 Å². The second-order valence-corrected chi connectivity index (χ2v) is 7.30. The van der Waals surface area contributed by atoms with Crippen molar-refractivity contribution in [3.8, 4) is 0 Å². The first-order valence-electron chi connectivity index (χ1n) is 8.35. The monoisotopic (exact) mass is 357 g/mol. The molecule has 0 N–H and O–H groups in total. The molecule has 0 spiro atoms. The van der Waals surface area contributed by atoms with Gasteiger partial charge in [0.2, 0.25) is 5.91 Å². The van der Waals surface area contributed by atoms with Crippen LogP contribution >= 0.6 is 11.3 Å². The van der Waals surface area contributed by atoms with Crippen molar-refractivity contribution < 1.29 is 9.53 Å². The molecule has 0 aliphatic carbocycles. The molecule has 0 unspecified atom stereocenters. The van der Waals surface area contributed by atoms with E-state index in [4.69, 9.17) is 4.74 Å². The smallest absolute Gasteiger partial charge is 0.276 e. The summed E-state index contributed by atoms with van der Waals surface area (Å²) in [5.74, 6) is -0.0869. The maximum atomic E-state index is 13.1. The lowest BCUT2D eigenvalue weighted by molar-refractivity contribution is -0.138. The van der Waals surface area contributed by atoms with Gasteiger partial charge in [0.25, 0.3) is 5.56 Å². The van der Waals surface area contributed by atoms with Crippen molar-refractivity contribution >= 4 is 37.4 Å². The second-order valence-electron chi connectivity index (χ2n) is 6.25. The molecule has 4 rings (SSSR count). The van der Waals surface area contributed by atoms with Crippen LogP contribution < -0.4 is 5.56 Å². The van der Waals surface area contributed by atoms with Crippen LogP contribution in [0.4, 0.5) is 0 Å². The highest BCUT2D eigenvalue weighted by molar-refractivity contribution is 7.26. The molecule has 6 nitrogen and oxygen atoms in total. The van der Waals surface area contributed by atoms with E-state index in [1.807, 2.05) is 31.2 Å². The Labute approximate surface area is 148 Å². The van der Waals surface area contributed by atoms with Crippen LogP contribution in [0.15, 0.2) is 29.1 Å². The Morgan fingerprint density at radius 2 is 2.00 bits per heavy atom. The third-order valence-electron chi connectivity index (χ3n) is 4.65. The Bertz CT molecular complexity index is 1020. The van der Waals surface area contributed by atoms with Crippen LogP contribution in [-0.2, 0) is 9.53 Å². The normalized spacial score (nSPS) is 16.5. The summed E-state index contributed by atoms with van der Waals surface area (Å²) in [7, 11) is 0. The number of aryl methyl sites for hydroxylation is 1. The zero-order valence-corrected chi connectivity index (χ0v) is 15.0. The van der Waals surface area contributed by atoms with Crippen molar-refractivity contribution in [3.63, 3.8) is 0 Å². The first-order chi connectivity index (χ1) is 12.1. The molecule has 0 radical (unpaired) electrons. The average Bonchev–Trinajstić information content (AvgIpc) is 3.04. The fraction of sp³-hybridized carbons (Fsp3) is 0.389. The molecular weight excluding hydrogens is 338 g/mol. The number of ether oxygens (including phenoxy) is 1. The van der Waals surface area contributed by atoms with E-state index in [-0.39, 0.29) is 11.5 Å². The molecule has 1 aliphatic rings. The third kappa shape index (κ3) is 2.63. The number of aromatic nitrogens is 2. The van der Waals surface area contributed by atoms with Gasteiger partial charge in [-0.15, -0.1) is 11.3 Å². The topological polar surface area (TPSA) is 64.4 Å². The molecule has 25 heavy (non-hydrogen) atoms. The van der Waals surface area contributed by atoms with E-state index in [0.717, 1.165) is 20.5 Å². The minimum atomic E-state index is -0.632. The quantitative estimate of drug-likeness (QED) is 0.706. The number of nitrogens with zero attached hydrogens (tertiary/aromatic N) is 3. The van der Waals surface area contributed by atoms with Crippen molar-refractivity contribution in [2.75, 3.05) is 26.3 Å². The molecule has 3 aromatic rings. The van der Waals surface area contributed by atoms with Gasteiger partial charge in [-0.3, -0.25) is 9.59 Å². The van der Waals surface area contributed by atoms with Gasteiger partial charge in [0, 0.05) is 23.2 Å². The molecule has 1 aromatic carbocycles. The van der Waals surface area contributed by atoms with E-state index >= 15 is 0 Å². The Kier molecular flexibility index (Phi) is 4.05. The average molecular weight is 357 g/mol.